The van der Waals surface area contributed by atoms with Crippen molar-refractivity contribution in [1.82, 2.24) is 10.2 Å². The number of aryl methyl sites for hydroxylation is 1. The van der Waals surface area contributed by atoms with Crippen molar-refractivity contribution in [3.8, 4) is 0 Å². The third-order valence-corrected chi connectivity index (χ3v) is 6.15. The highest BCUT2D eigenvalue weighted by Crippen LogP contribution is 2.20. The van der Waals surface area contributed by atoms with Gasteiger partial charge in [-0.05, 0) is 69.0 Å². The Balaban J connectivity index is 1.67. The van der Waals surface area contributed by atoms with Gasteiger partial charge in [-0.15, -0.1) is 0 Å². The third kappa shape index (κ3) is 5.08. The van der Waals surface area contributed by atoms with Crippen LogP contribution in [0.2, 0.25) is 0 Å². The number of carbonyl (C=O) groups excluding carboxylic acids is 1. The summed E-state index contributed by atoms with van der Waals surface area (Å²) in [5.41, 5.74) is 1.72. The second-order valence-corrected chi connectivity index (χ2v) is 8.83. The van der Waals surface area contributed by atoms with Crippen LogP contribution in [0.1, 0.15) is 27.7 Å². The third-order valence-electron chi connectivity index (χ3n) is 4.77. The zero-order chi connectivity index (χ0) is 21.7. The maximum atomic E-state index is 12.6. The molecule has 30 heavy (non-hydrogen) atoms. The van der Waals surface area contributed by atoms with E-state index in [0.29, 0.717) is 17.8 Å². The molecule has 0 saturated heterocycles. The van der Waals surface area contributed by atoms with E-state index in [9.17, 15) is 13.2 Å². The molecule has 0 spiro atoms. The van der Waals surface area contributed by atoms with Gasteiger partial charge in [-0.1, -0.05) is 18.2 Å². The maximum Gasteiger partial charge on any atom is 0.261 e. The lowest BCUT2D eigenvalue weighted by molar-refractivity contribution is 0.0939. The van der Waals surface area contributed by atoms with Crippen LogP contribution in [0.25, 0.3) is 0 Å². The maximum absolute atomic E-state index is 12.6. The fraction of sp³-hybridized carbons (Fsp3) is 0.227. The van der Waals surface area contributed by atoms with Crippen LogP contribution in [0.4, 0.5) is 5.69 Å². The monoisotopic (exact) mass is 427 g/mol. The molecular weight excluding hydrogens is 402 g/mol. The van der Waals surface area contributed by atoms with Crippen molar-refractivity contribution in [3.63, 3.8) is 0 Å². The van der Waals surface area contributed by atoms with Gasteiger partial charge in [-0.3, -0.25) is 14.4 Å². The molecule has 0 radical (unpaired) electrons. The number of carbonyl (C=O) groups is 1. The first-order chi connectivity index (χ1) is 14.3. The van der Waals surface area contributed by atoms with E-state index >= 15 is 0 Å². The fourth-order valence-electron chi connectivity index (χ4n) is 2.99. The van der Waals surface area contributed by atoms with Crippen molar-refractivity contribution in [1.29, 1.82) is 0 Å². The summed E-state index contributed by atoms with van der Waals surface area (Å²) in [4.78, 5) is 14.6. The van der Waals surface area contributed by atoms with Gasteiger partial charge in [0.05, 0.1) is 22.9 Å². The van der Waals surface area contributed by atoms with E-state index in [2.05, 4.69) is 10.0 Å². The van der Waals surface area contributed by atoms with Crippen molar-refractivity contribution < 1.29 is 17.6 Å². The number of anilines is 1. The summed E-state index contributed by atoms with van der Waals surface area (Å²) in [6.45, 7) is 2.18. The average molecular weight is 428 g/mol. The molecule has 7 nitrogen and oxygen atoms in total. The summed E-state index contributed by atoms with van der Waals surface area (Å²) < 4.78 is 33.3. The molecule has 0 bridgehead atoms. The molecule has 158 valence electrons. The number of nitrogens with one attached hydrogen (secondary N) is 2. The van der Waals surface area contributed by atoms with Crippen molar-refractivity contribution in [2.24, 2.45) is 0 Å². The van der Waals surface area contributed by atoms with Gasteiger partial charge >= 0.3 is 0 Å². The van der Waals surface area contributed by atoms with E-state index in [1.165, 1.54) is 24.3 Å². The van der Waals surface area contributed by atoms with E-state index in [4.69, 9.17) is 4.42 Å². The van der Waals surface area contributed by atoms with E-state index in [0.717, 1.165) is 11.3 Å². The van der Waals surface area contributed by atoms with Gasteiger partial charge in [0.15, 0.2) is 0 Å². The van der Waals surface area contributed by atoms with Crippen LogP contribution in [-0.4, -0.2) is 39.9 Å². The Labute approximate surface area is 176 Å². The van der Waals surface area contributed by atoms with Crippen LogP contribution in [0.15, 0.2) is 76.2 Å². The van der Waals surface area contributed by atoms with Crippen LogP contribution in [0, 0.1) is 6.92 Å². The molecule has 1 aromatic heterocycles. The first-order valence-corrected chi connectivity index (χ1v) is 10.9. The molecule has 0 saturated carbocycles. The first kappa shape index (κ1) is 21.6. The normalized spacial score (nSPS) is 12.5. The Morgan fingerprint density at radius 1 is 1.03 bits per heavy atom. The number of benzene rings is 2. The highest BCUT2D eigenvalue weighted by molar-refractivity contribution is 7.92. The van der Waals surface area contributed by atoms with Crippen molar-refractivity contribution in [3.05, 3.63) is 83.8 Å². The quantitative estimate of drug-likeness (QED) is 0.575. The van der Waals surface area contributed by atoms with E-state index in [1.807, 2.05) is 44.1 Å². The molecule has 1 amide bonds. The molecule has 0 aliphatic rings. The number of para-hydroxylation sites is 1. The lowest BCUT2D eigenvalue weighted by Crippen LogP contribution is -2.34. The molecule has 8 heteroatoms. The minimum atomic E-state index is -3.75. The molecule has 0 fully saturated rings. The molecule has 2 aromatic carbocycles. The minimum absolute atomic E-state index is 0.0871. The summed E-state index contributed by atoms with van der Waals surface area (Å²) in [6.07, 6.45) is 1.60. The number of furan rings is 1. The van der Waals surface area contributed by atoms with Crippen molar-refractivity contribution in [2.45, 2.75) is 17.9 Å². The Bertz CT molecular complexity index is 1090. The molecule has 3 aromatic rings. The van der Waals surface area contributed by atoms with Crippen LogP contribution >= 0.6 is 0 Å². The van der Waals surface area contributed by atoms with E-state index in [-0.39, 0.29) is 16.8 Å². The largest absolute Gasteiger partial charge is 0.468 e. The SMILES string of the molecule is Cc1ccccc1NS(=O)(=O)c1ccc(C(=O)NC[C@H](c2ccco2)N(C)C)cc1. The molecule has 0 aliphatic heterocycles. The summed E-state index contributed by atoms with van der Waals surface area (Å²) in [5, 5.41) is 2.87. The standard InChI is InChI=1S/C22H25N3O4S/c1-16-7-4-5-8-19(16)24-30(27,28)18-12-10-17(11-13-18)22(26)23-15-20(25(2)3)21-9-6-14-29-21/h4-14,20,24H,15H2,1-3H3,(H,23,26)/t20-/m1/s1. The van der Waals surface area contributed by atoms with Gasteiger partial charge in [0.25, 0.3) is 15.9 Å². The summed E-state index contributed by atoms with van der Waals surface area (Å²) in [7, 11) is 0.0608. The van der Waals surface area contributed by atoms with Crippen LogP contribution in [0.3, 0.4) is 0 Å². The summed E-state index contributed by atoms with van der Waals surface area (Å²) in [5.74, 6) is 0.466. The zero-order valence-electron chi connectivity index (χ0n) is 17.1. The Hall–Kier alpha value is -3.10. The molecule has 3 rings (SSSR count). The number of nitrogens with zero attached hydrogens (tertiary/aromatic N) is 1. The summed E-state index contributed by atoms with van der Waals surface area (Å²) >= 11 is 0. The van der Waals surface area contributed by atoms with E-state index < -0.39 is 10.0 Å². The van der Waals surface area contributed by atoms with Crippen LogP contribution < -0.4 is 10.0 Å². The number of rotatable bonds is 8. The van der Waals surface area contributed by atoms with Gasteiger partial charge in [-0.2, -0.15) is 0 Å². The number of amides is 1. The Morgan fingerprint density at radius 3 is 2.33 bits per heavy atom. The molecule has 1 heterocycles. The van der Waals surface area contributed by atoms with Gasteiger partial charge in [-0.25, -0.2) is 8.42 Å². The van der Waals surface area contributed by atoms with Gasteiger partial charge in [0.2, 0.25) is 0 Å². The molecular formula is C22H25N3O4S. The molecule has 2 N–H and O–H groups in total. The Morgan fingerprint density at radius 2 is 1.73 bits per heavy atom. The van der Waals surface area contributed by atoms with Crippen molar-refractivity contribution in [2.75, 3.05) is 25.4 Å². The average Bonchev–Trinajstić information content (AvgIpc) is 3.24. The Kier molecular flexibility index (Phi) is 6.59. The topological polar surface area (TPSA) is 91.6 Å². The number of hydrogen-bond donors (Lipinski definition) is 2. The molecule has 0 aliphatic carbocycles. The predicted molar refractivity (Wildman–Crippen MR) is 116 cm³/mol. The first-order valence-electron chi connectivity index (χ1n) is 9.44. The second-order valence-electron chi connectivity index (χ2n) is 7.15. The van der Waals surface area contributed by atoms with Gasteiger partial charge in [0, 0.05) is 12.1 Å². The minimum Gasteiger partial charge on any atom is -0.468 e. The number of sulfonamides is 1. The fourth-order valence-corrected chi connectivity index (χ4v) is 4.12. The highest BCUT2D eigenvalue weighted by atomic mass is 32.2. The summed E-state index contributed by atoms with van der Waals surface area (Å²) in [6, 6.07) is 16.5. The van der Waals surface area contributed by atoms with Gasteiger partial charge < -0.3 is 9.73 Å². The van der Waals surface area contributed by atoms with E-state index in [1.54, 1.807) is 24.5 Å². The van der Waals surface area contributed by atoms with Crippen LogP contribution in [-0.2, 0) is 10.0 Å². The lowest BCUT2D eigenvalue weighted by Gasteiger charge is -2.22. The lowest BCUT2D eigenvalue weighted by atomic mass is 10.2. The second kappa shape index (κ2) is 9.15. The highest BCUT2D eigenvalue weighted by Gasteiger charge is 2.19. The van der Waals surface area contributed by atoms with Gasteiger partial charge in [0.1, 0.15) is 5.76 Å². The molecule has 1 atom stereocenters. The predicted octanol–water partition coefficient (Wildman–Crippen LogP) is 3.42. The van der Waals surface area contributed by atoms with Crippen molar-refractivity contribution >= 4 is 21.6 Å². The smallest absolute Gasteiger partial charge is 0.261 e. The number of likely N-dealkylation sites (N-methyl/N-ethyl adjacent to an activating group) is 1. The zero-order valence-corrected chi connectivity index (χ0v) is 17.9. The van der Waals surface area contributed by atoms with Crippen LogP contribution in [0.5, 0.6) is 0 Å². The number of hydrogen-bond acceptors (Lipinski definition) is 5. The molecule has 0 unspecified atom stereocenters.